The highest BCUT2D eigenvalue weighted by molar-refractivity contribution is 6.20. The van der Waals surface area contributed by atoms with E-state index in [0.717, 1.165) is 11.1 Å². The number of ether oxygens (including phenoxy) is 1. The van der Waals surface area contributed by atoms with E-state index >= 15 is 0 Å². The fourth-order valence-corrected chi connectivity index (χ4v) is 2.87. The van der Waals surface area contributed by atoms with Gasteiger partial charge in [0.15, 0.2) is 6.10 Å². The van der Waals surface area contributed by atoms with E-state index in [4.69, 9.17) is 9.57 Å². The molecule has 0 bridgehead atoms. The van der Waals surface area contributed by atoms with Crippen molar-refractivity contribution in [2.45, 2.75) is 39.7 Å². The van der Waals surface area contributed by atoms with Gasteiger partial charge in [-0.15, -0.1) is 0 Å². The number of imide groups is 1. The first-order chi connectivity index (χ1) is 12.8. The van der Waals surface area contributed by atoms with Crippen LogP contribution in [0.2, 0.25) is 0 Å². The van der Waals surface area contributed by atoms with Crippen LogP contribution in [0, 0.1) is 6.92 Å². The van der Waals surface area contributed by atoms with Gasteiger partial charge in [0.05, 0.1) is 11.1 Å². The number of rotatable bonds is 5. The van der Waals surface area contributed by atoms with Crippen LogP contribution in [0.5, 0.6) is 5.75 Å². The second kappa shape index (κ2) is 7.23. The maximum atomic E-state index is 12.4. The molecule has 0 saturated heterocycles. The van der Waals surface area contributed by atoms with Crippen molar-refractivity contribution >= 4 is 17.8 Å². The Hall–Kier alpha value is -3.15. The minimum atomic E-state index is -0.992. The van der Waals surface area contributed by atoms with Gasteiger partial charge in [-0.25, -0.2) is 4.79 Å². The monoisotopic (exact) mass is 367 g/mol. The summed E-state index contributed by atoms with van der Waals surface area (Å²) in [4.78, 5) is 42.1. The van der Waals surface area contributed by atoms with Gasteiger partial charge in [0, 0.05) is 0 Å². The van der Waals surface area contributed by atoms with E-state index < -0.39 is 23.9 Å². The third-order valence-electron chi connectivity index (χ3n) is 4.36. The molecule has 1 aliphatic heterocycles. The Kier molecular flexibility index (Phi) is 4.99. The first-order valence-electron chi connectivity index (χ1n) is 8.76. The highest BCUT2D eigenvalue weighted by Crippen LogP contribution is 2.29. The normalized spacial score (nSPS) is 14.3. The molecule has 2 aromatic carbocycles. The number of fused-ring (bicyclic) bond motifs is 1. The SMILES string of the molecule is Cc1ccc(C(C)C)c(OC(C)C(=O)ON2C(=O)c3ccccc3C2=O)c1. The van der Waals surface area contributed by atoms with Crippen molar-refractivity contribution in [1.82, 2.24) is 5.06 Å². The van der Waals surface area contributed by atoms with Gasteiger partial charge in [0.2, 0.25) is 0 Å². The van der Waals surface area contributed by atoms with Crippen LogP contribution in [-0.4, -0.2) is 29.0 Å². The predicted molar refractivity (Wildman–Crippen MR) is 98.4 cm³/mol. The molecule has 0 saturated carbocycles. The first kappa shape index (κ1) is 18.6. The molecule has 0 radical (unpaired) electrons. The summed E-state index contributed by atoms with van der Waals surface area (Å²) in [5.41, 5.74) is 2.38. The molecule has 6 nitrogen and oxygen atoms in total. The molecule has 3 rings (SSSR count). The Labute approximate surface area is 157 Å². The van der Waals surface area contributed by atoms with Crippen molar-refractivity contribution in [2.75, 3.05) is 0 Å². The maximum absolute atomic E-state index is 12.4. The lowest BCUT2D eigenvalue weighted by Crippen LogP contribution is -2.38. The van der Waals surface area contributed by atoms with Crippen LogP contribution in [0.3, 0.4) is 0 Å². The molecule has 27 heavy (non-hydrogen) atoms. The molecule has 0 aromatic heterocycles. The van der Waals surface area contributed by atoms with Crippen molar-refractivity contribution in [3.63, 3.8) is 0 Å². The zero-order valence-electron chi connectivity index (χ0n) is 15.7. The molecule has 140 valence electrons. The molecule has 1 aliphatic rings. The van der Waals surface area contributed by atoms with Crippen molar-refractivity contribution in [1.29, 1.82) is 0 Å². The Bertz CT molecular complexity index is 884. The summed E-state index contributed by atoms with van der Waals surface area (Å²) in [5, 5.41) is 0.493. The molecule has 0 fully saturated rings. The van der Waals surface area contributed by atoms with E-state index in [2.05, 4.69) is 0 Å². The minimum absolute atomic E-state index is 0.208. The molecule has 0 N–H and O–H groups in total. The Morgan fingerprint density at radius 3 is 2.11 bits per heavy atom. The largest absolute Gasteiger partial charge is 0.479 e. The molecule has 2 amide bonds. The Morgan fingerprint density at radius 1 is 0.963 bits per heavy atom. The Morgan fingerprint density at radius 2 is 1.56 bits per heavy atom. The van der Waals surface area contributed by atoms with Gasteiger partial charge in [0.1, 0.15) is 5.75 Å². The van der Waals surface area contributed by atoms with Crippen LogP contribution in [-0.2, 0) is 9.63 Å². The molecule has 6 heteroatoms. The quantitative estimate of drug-likeness (QED) is 0.755. The maximum Gasteiger partial charge on any atom is 0.373 e. The lowest BCUT2D eigenvalue weighted by atomic mass is 10.0. The third-order valence-corrected chi connectivity index (χ3v) is 4.36. The van der Waals surface area contributed by atoms with E-state index in [1.165, 1.54) is 19.1 Å². The van der Waals surface area contributed by atoms with Gasteiger partial charge in [-0.2, -0.15) is 0 Å². The van der Waals surface area contributed by atoms with Crippen LogP contribution in [0.25, 0.3) is 0 Å². The highest BCUT2D eigenvalue weighted by Gasteiger charge is 2.39. The van der Waals surface area contributed by atoms with Gasteiger partial charge in [-0.05, 0) is 49.1 Å². The Balaban J connectivity index is 1.74. The summed E-state index contributed by atoms with van der Waals surface area (Å²) in [6.07, 6.45) is -0.992. The van der Waals surface area contributed by atoms with Crippen molar-refractivity contribution in [2.24, 2.45) is 0 Å². The zero-order chi connectivity index (χ0) is 19.7. The zero-order valence-corrected chi connectivity index (χ0v) is 15.7. The molecule has 1 unspecified atom stereocenters. The number of carbonyl (C=O) groups is 3. The van der Waals surface area contributed by atoms with E-state index in [1.807, 2.05) is 39.0 Å². The van der Waals surface area contributed by atoms with Crippen LogP contribution < -0.4 is 4.74 Å². The average Bonchev–Trinajstić information content (AvgIpc) is 2.86. The molecule has 0 aliphatic carbocycles. The summed E-state index contributed by atoms with van der Waals surface area (Å²) < 4.78 is 5.78. The molecule has 1 atom stereocenters. The van der Waals surface area contributed by atoms with Crippen molar-refractivity contribution < 1.29 is 24.0 Å². The molecule has 2 aromatic rings. The van der Waals surface area contributed by atoms with Gasteiger partial charge >= 0.3 is 5.97 Å². The van der Waals surface area contributed by atoms with Gasteiger partial charge < -0.3 is 9.57 Å². The van der Waals surface area contributed by atoms with Gasteiger partial charge in [-0.3, -0.25) is 9.59 Å². The topological polar surface area (TPSA) is 72.9 Å². The number of nitrogens with zero attached hydrogens (tertiary/aromatic N) is 1. The number of carbonyl (C=O) groups excluding carboxylic acids is 3. The lowest BCUT2D eigenvalue weighted by Gasteiger charge is -2.20. The number of hydrogen-bond donors (Lipinski definition) is 0. The molecular weight excluding hydrogens is 346 g/mol. The van der Waals surface area contributed by atoms with Crippen LogP contribution in [0.4, 0.5) is 0 Å². The summed E-state index contributed by atoms with van der Waals surface area (Å²) in [7, 11) is 0. The summed E-state index contributed by atoms with van der Waals surface area (Å²) in [6.45, 7) is 7.50. The minimum Gasteiger partial charge on any atom is -0.479 e. The number of benzene rings is 2. The van der Waals surface area contributed by atoms with E-state index in [0.29, 0.717) is 10.8 Å². The van der Waals surface area contributed by atoms with Crippen LogP contribution >= 0.6 is 0 Å². The summed E-state index contributed by atoms with van der Waals surface area (Å²) >= 11 is 0. The van der Waals surface area contributed by atoms with E-state index in [1.54, 1.807) is 12.1 Å². The standard InChI is InChI=1S/C21H21NO5/c1-12(2)15-10-9-13(3)11-18(15)26-14(4)21(25)27-22-19(23)16-7-5-6-8-17(16)20(22)24/h5-12,14H,1-4H3. The predicted octanol–water partition coefficient (Wildman–Crippen LogP) is 3.64. The lowest BCUT2D eigenvalue weighted by molar-refractivity contribution is -0.176. The second-order valence-corrected chi connectivity index (χ2v) is 6.82. The van der Waals surface area contributed by atoms with Crippen molar-refractivity contribution in [3.8, 4) is 5.75 Å². The van der Waals surface area contributed by atoms with Crippen molar-refractivity contribution in [3.05, 3.63) is 64.7 Å². The fourth-order valence-electron chi connectivity index (χ4n) is 2.87. The molecular formula is C21H21NO5. The number of aryl methyl sites for hydroxylation is 1. The fraction of sp³-hybridized carbons (Fsp3) is 0.286. The van der Waals surface area contributed by atoms with Crippen LogP contribution in [0.15, 0.2) is 42.5 Å². The number of hydrogen-bond acceptors (Lipinski definition) is 5. The third kappa shape index (κ3) is 3.56. The van der Waals surface area contributed by atoms with Gasteiger partial charge in [-0.1, -0.05) is 43.2 Å². The van der Waals surface area contributed by atoms with Gasteiger partial charge in [0.25, 0.3) is 11.8 Å². The number of amides is 2. The second-order valence-electron chi connectivity index (χ2n) is 6.82. The highest BCUT2D eigenvalue weighted by atomic mass is 16.7. The van der Waals surface area contributed by atoms with E-state index in [-0.39, 0.29) is 17.0 Å². The number of hydroxylamine groups is 2. The van der Waals surface area contributed by atoms with Crippen LogP contribution in [0.1, 0.15) is 58.5 Å². The summed E-state index contributed by atoms with van der Waals surface area (Å²) in [5.74, 6) is -1.35. The summed E-state index contributed by atoms with van der Waals surface area (Å²) in [6, 6.07) is 12.1. The average molecular weight is 367 g/mol. The van der Waals surface area contributed by atoms with E-state index in [9.17, 15) is 14.4 Å². The molecule has 0 spiro atoms. The molecule has 1 heterocycles. The first-order valence-corrected chi connectivity index (χ1v) is 8.76. The smallest absolute Gasteiger partial charge is 0.373 e.